The number of aromatic amines is 2. The molecule has 4 N–H and O–H groups in total. The van der Waals surface area contributed by atoms with Gasteiger partial charge < -0.3 is 54.1 Å². The average Bonchev–Trinajstić information content (AvgIpc) is 4.11. The Bertz CT molecular complexity index is 2540. The monoisotopic (exact) mass is 864 g/mol. The van der Waals surface area contributed by atoms with E-state index in [9.17, 15) is 19.2 Å². The number of alkyl carbamates (subject to hydrolysis) is 2. The van der Waals surface area contributed by atoms with Crippen molar-refractivity contribution in [3.63, 3.8) is 0 Å². The Kier molecular flexibility index (Phi) is 12.3. The smallest absolute Gasteiger partial charge is 0.407 e. The molecule has 5 heterocycles. The number of nitrogens with zero attached hydrogens (tertiary/aromatic N) is 4. The summed E-state index contributed by atoms with van der Waals surface area (Å²) in [6.45, 7) is 8.85. The average molecular weight is 865 g/mol. The van der Waals surface area contributed by atoms with E-state index in [0.29, 0.717) is 44.2 Å². The van der Waals surface area contributed by atoms with Crippen LogP contribution in [-0.4, -0.2) is 120 Å². The summed E-state index contributed by atoms with van der Waals surface area (Å²) in [6.07, 6.45) is 1.99. The van der Waals surface area contributed by atoms with Crippen LogP contribution in [-0.2, 0) is 35.1 Å². The van der Waals surface area contributed by atoms with E-state index in [2.05, 4.69) is 50.9 Å². The molecule has 3 aromatic carbocycles. The minimum absolute atomic E-state index is 0.0854. The highest BCUT2D eigenvalue weighted by Gasteiger charge is 2.43. The van der Waals surface area contributed by atoms with Crippen molar-refractivity contribution in [3.05, 3.63) is 65.9 Å². The number of likely N-dealkylation sites (tertiary alicyclic amines) is 2. The Morgan fingerprint density at radius 1 is 0.873 bits per heavy atom. The Morgan fingerprint density at radius 2 is 1.63 bits per heavy atom. The molecule has 5 aromatic rings. The summed E-state index contributed by atoms with van der Waals surface area (Å²) in [7, 11) is 5.70. The second kappa shape index (κ2) is 17.9. The van der Waals surface area contributed by atoms with E-state index in [4.69, 9.17) is 33.7 Å². The van der Waals surface area contributed by atoms with Crippen LogP contribution in [0.15, 0.2) is 48.7 Å². The van der Waals surface area contributed by atoms with Gasteiger partial charge in [-0.15, -0.1) is 0 Å². The van der Waals surface area contributed by atoms with Crippen molar-refractivity contribution in [2.75, 3.05) is 41.6 Å². The van der Waals surface area contributed by atoms with E-state index in [1.54, 1.807) is 30.0 Å². The molecule has 8 rings (SSSR count). The quantitative estimate of drug-likeness (QED) is 0.108. The minimum Gasteiger partial charge on any atom is -0.488 e. The van der Waals surface area contributed by atoms with E-state index >= 15 is 0 Å². The standard InChI is InChI=1S/C46H56N8O9/c1-23(2)38(51-45(57)61-7)43(55)53-20-26(21-59-5)15-36(53)41-47-19-34(49-41)28-10-12-30-29(16-28)22-63-37-18-31-27(17-32(30)37)11-13-33-40(31)50-42(48-33)35-14-9-24(3)54(35)44(56)39(25(4)60-6)52-46(58)62-8/h10-13,16-19,23-26,35-36,38-39H,9,14-15,20-22H2,1-8H3,(H,47,49)(H,48,50)(H,51,57)(H,52,58)/t24-,25+,26-,35-,36-,38-,39-/m0/s1. The molecule has 0 bridgehead atoms. The van der Waals surface area contributed by atoms with Crippen LogP contribution >= 0.6 is 0 Å². The fourth-order valence-electron chi connectivity index (χ4n) is 9.43. The molecule has 2 aromatic heterocycles. The Morgan fingerprint density at radius 3 is 2.35 bits per heavy atom. The lowest BCUT2D eigenvalue weighted by Crippen LogP contribution is -2.55. The first kappa shape index (κ1) is 43.4. The highest BCUT2D eigenvalue weighted by molar-refractivity contribution is 6.07. The SMILES string of the molecule is COC[C@H]1C[C@@H](c2ncc(-c3ccc4c(c3)COc3cc5c(ccc6[nH]c([C@@H]7CC[C@H](C)N7C(=O)[C@@H](NC(=O)OC)[C@@H](C)OC)nc65)cc3-4)[nH]2)N(C(=O)[C@@H](NC(=O)OC)C(C)C)C1. The molecule has 3 aliphatic rings. The molecule has 0 radical (unpaired) electrons. The van der Waals surface area contributed by atoms with Gasteiger partial charge in [-0.2, -0.15) is 0 Å². The molecule has 63 heavy (non-hydrogen) atoms. The maximum atomic E-state index is 14.1. The zero-order valence-electron chi connectivity index (χ0n) is 36.9. The number of H-pyrrole nitrogens is 2. The number of nitrogens with one attached hydrogen (secondary N) is 4. The van der Waals surface area contributed by atoms with Gasteiger partial charge in [-0.25, -0.2) is 19.6 Å². The van der Waals surface area contributed by atoms with Crippen LogP contribution in [0.4, 0.5) is 9.59 Å². The fourth-order valence-corrected chi connectivity index (χ4v) is 9.43. The van der Waals surface area contributed by atoms with Gasteiger partial charge in [-0.3, -0.25) is 9.59 Å². The van der Waals surface area contributed by atoms with Crippen molar-refractivity contribution in [2.45, 2.75) is 89.9 Å². The summed E-state index contributed by atoms with van der Waals surface area (Å²) in [4.78, 5) is 72.9. The zero-order valence-corrected chi connectivity index (χ0v) is 36.9. The molecule has 4 amide bonds. The van der Waals surface area contributed by atoms with Crippen molar-refractivity contribution in [2.24, 2.45) is 11.8 Å². The molecular weight excluding hydrogens is 809 g/mol. The van der Waals surface area contributed by atoms with Gasteiger partial charge >= 0.3 is 12.2 Å². The van der Waals surface area contributed by atoms with Crippen LogP contribution in [0.25, 0.3) is 44.2 Å². The van der Waals surface area contributed by atoms with Gasteiger partial charge in [0.2, 0.25) is 11.8 Å². The van der Waals surface area contributed by atoms with Crippen molar-refractivity contribution in [1.29, 1.82) is 0 Å². The lowest BCUT2D eigenvalue weighted by molar-refractivity contribution is -0.139. The summed E-state index contributed by atoms with van der Waals surface area (Å²) in [5.74, 6) is 1.57. The van der Waals surface area contributed by atoms with Gasteiger partial charge in [-0.1, -0.05) is 32.0 Å². The molecule has 17 heteroatoms. The second-order valence-corrected chi connectivity index (χ2v) is 17.2. The summed E-state index contributed by atoms with van der Waals surface area (Å²) in [5, 5.41) is 7.30. The number of ether oxygens (including phenoxy) is 5. The number of rotatable bonds is 12. The normalized spacial score (nSPS) is 20.8. The number of amides is 4. The van der Waals surface area contributed by atoms with Gasteiger partial charge in [0.25, 0.3) is 0 Å². The van der Waals surface area contributed by atoms with Crippen molar-refractivity contribution in [1.82, 2.24) is 40.4 Å². The zero-order chi connectivity index (χ0) is 44.7. The maximum absolute atomic E-state index is 14.1. The molecule has 0 spiro atoms. The molecule has 334 valence electrons. The van der Waals surface area contributed by atoms with Crippen LogP contribution in [0.1, 0.15) is 76.3 Å². The topological polar surface area (TPSA) is 202 Å². The van der Waals surface area contributed by atoms with Crippen molar-refractivity contribution < 1.29 is 42.9 Å². The summed E-state index contributed by atoms with van der Waals surface area (Å²) in [5.41, 5.74) is 6.42. The number of hydrogen-bond donors (Lipinski definition) is 4. The molecule has 7 atom stereocenters. The Balaban J connectivity index is 1.05. The number of benzene rings is 3. The van der Waals surface area contributed by atoms with E-state index in [1.807, 2.05) is 32.9 Å². The highest BCUT2D eigenvalue weighted by Crippen LogP contribution is 2.44. The van der Waals surface area contributed by atoms with Gasteiger partial charge in [0.1, 0.15) is 36.1 Å². The number of hydrogen-bond acceptors (Lipinski definition) is 11. The van der Waals surface area contributed by atoms with E-state index in [0.717, 1.165) is 61.9 Å². The van der Waals surface area contributed by atoms with Gasteiger partial charge in [0, 0.05) is 43.7 Å². The summed E-state index contributed by atoms with van der Waals surface area (Å²) in [6, 6.07) is 12.1. The molecular formula is C46H56N8O9. The lowest BCUT2D eigenvalue weighted by Gasteiger charge is -2.33. The van der Waals surface area contributed by atoms with Gasteiger partial charge in [-0.05, 0) is 85.4 Å². The first-order valence-corrected chi connectivity index (χ1v) is 21.4. The van der Waals surface area contributed by atoms with Gasteiger partial charge in [0.15, 0.2) is 0 Å². The van der Waals surface area contributed by atoms with E-state index in [1.165, 1.54) is 21.3 Å². The predicted molar refractivity (Wildman–Crippen MR) is 234 cm³/mol. The number of imidazole rings is 2. The lowest BCUT2D eigenvalue weighted by atomic mass is 9.92. The molecule has 2 saturated heterocycles. The number of aromatic nitrogens is 4. The van der Waals surface area contributed by atoms with Crippen LogP contribution in [0.2, 0.25) is 0 Å². The van der Waals surface area contributed by atoms with Gasteiger partial charge in [0.05, 0.1) is 61.9 Å². The number of carbonyl (C=O) groups is 4. The van der Waals surface area contributed by atoms with Crippen LogP contribution in [0, 0.1) is 11.8 Å². The molecule has 0 unspecified atom stereocenters. The second-order valence-electron chi connectivity index (χ2n) is 17.2. The molecule has 3 aliphatic heterocycles. The first-order chi connectivity index (χ1) is 30.3. The summed E-state index contributed by atoms with van der Waals surface area (Å²) < 4.78 is 27.0. The van der Waals surface area contributed by atoms with E-state index < -0.39 is 30.4 Å². The third-order valence-corrected chi connectivity index (χ3v) is 12.9. The minimum atomic E-state index is -0.938. The largest absolute Gasteiger partial charge is 0.488 e. The van der Waals surface area contributed by atoms with Crippen molar-refractivity contribution >= 4 is 45.8 Å². The molecule has 2 fully saturated rings. The Hall–Kier alpha value is -6.20. The first-order valence-electron chi connectivity index (χ1n) is 21.4. The third kappa shape index (κ3) is 8.26. The Labute approximate surface area is 365 Å². The van der Waals surface area contributed by atoms with Crippen LogP contribution in [0.3, 0.4) is 0 Å². The molecule has 17 nitrogen and oxygen atoms in total. The number of carbonyl (C=O) groups excluding carboxylic acids is 4. The molecule has 0 aliphatic carbocycles. The number of methoxy groups -OCH3 is 4. The maximum Gasteiger partial charge on any atom is 0.407 e. The predicted octanol–water partition coefficient (Wildman–Crippen LogP) is 6.39. The third-order valence-electron chi connectivity index (χ3n) is 12.9. The van der Waals surface area contributed by atoms with Crippen LogP contribution < -0.4 is 15.4 Å². The fraction of sp³-hybridized carbons (Fsp3) is 0.478. The number of fused-ring (bicyclic) bond motifs is 6. The highest BCUT2D eigenvalue weighted by atomic mass is 16.5. The van der Waals surface area contributed by atoms with E-state index in [-0.39, 0.29) is 41.8 Å². The molecule has 0 saturated carbocycles. The van der Waals surface area contributed by atoms with Crippen molar-refractivity contribution in [3.8, 4) is 28.1 Å². The van der Waals surface area contributed by atoms with Crippen LogP contribution in [0.5, 0.6) is 5.75 Å². The summed E-state index contributed by atoms with van der Waals surface area (Å²) >= 11 is 0.